The maximum absolute atomic E-state index is 7.47. The monoisotopic (exact) mass is 665 g/mol. The predicted molar refractivity (Wildman–Crippen MR) is 205 cm³/mol. The molecule has 0 atom stereocenters. The van der Waals surface area contributed by atoms with E-state index in [1.54, 1.807) is 0 Å². The summed E-state index contributed by atoms with van der Waals surface area (Å²) in [5.41, 5.74) is 5.20. The molecule has 8 rings (SSSR count). The summed E-state index contributed by atoms with van der Waals surface area (Å²) in [5, 5.41) is 11.5. The van der Waals surface area contributed by atoms with E-state index in [1.807, 2.05) is 0 Å². The van der Waals surface area contributed by atoms with Crippen molar-refractivity contribution in [3.8, 4) is 34.3 Å². The molecule has 2 aliphatic rings. The molecule has 2 saturated carbocycles. The smallest absolute Gasteiger partial charge is 0.248 e. The van der Waals surface area contributed by atoms with Gasteiger partial charge in [-0.2, -0.15) is 0 Å². The van der Waals surface area contributed by atoms with E-state index in [2.05, 4.69) is 119 Å². The van der Waals surface area contributed by atoms with Crippen LogP contribution < -0.4 is 4.74 Å². The summed E-state index contributed by atoms with van der Waals surface area (Å²) in [6.07, 6.45) is 19.5. The van der Waals surface area contributed by atoms with Crippen LogP contribution in [0.5, 0.6) is 5.75 Å². The van der Waals surface area contributed by atoms with Crippen LogP contribution in [0.3, 0.4) is 0 Å². The Kier molecular flexibility index (Phi) is 9.74. The molecular weight excluding hydrogens is 615 g/mol. The Labute approximate surface area is 297 Å². The van der Waals surface area contributed by atoms with Crippen LogP contribution in [0.15, 0.2) is 101 Å². The normalized spacial score (nSPS) is 16.8. The number of benzene rings is 4. The van der Waals surface area contributed by atoms with E-state index in [0.29, 0.717) is 23.6 Å². The van der Waals surface area contributed by atoms with Crippen LogP contribution in [0.25, 0.3) is 50.4 Å². The van der Waals surface area contributed by atoms with Gasteiger partial charge in [0, 0.05) is 27.6 Å². The summed E-state index contributed by atoms with van der Waals surface area (Å²) in [5.74, 6) is 3.23. The molecule has 0 unspecified atom stereocenters. The first kappa shape index (κ1) is 32.8. The van der Waals surface area contributed by atoms with Crippen molar-refractivity contribution in [3.05, 3.63) is 97.1 Å². The number of hydrogen-bond acceptors (Lipinski definition) is 4. The maximum Gasteiger partial charge on any atom is 0.248 e. The van der Waals surface area contributed by atoms with Crippen LogP contribution in [-0.2, 0) is 0 Å². The average molecular weight is 666 g/mol. The van der Waals surface area contributed by atoms with Crippen molar-refractivity contribution in [2.75, 3.05) is 0 Å². The van der Waals surface area contributed by atoms with Crippen LogP contribution in [-0.4, -0.2) is 20.4 Å². The van der Waals surface area contributed by atoms with Crippen LogP contribution in [0.2, 0.25) is 0 Å². The van der Waals surface area contributed by atoms with E-state index >= 15 is 0 Å². The molecule has 0 bridgehead atoms. The van der Waals surface area contributed by atoms with Gasteiger partial charge >= 0.3 is 0 Å². The fourth-order valence-corrected chi connectivity index (χ4v) is 9.27. The molecule has 258 valence electrons. The van der Waals surface area contributed by atoms with E-state index in [1.165, 1.54) is 112 Å². The number of nitrogens with zero attached hydrogens (tertiary/aromatic N) is 3. The third-order valence-electron chi connectivity index (χ3n) is 11.8. The highest BCUT2D eigenvalue weighted by atomic mass is 16.5. The molecule has 2 fully saturated rings. The van der Waals surface area contributed by atoms with E-state index in [4.69, 9.17) is 9.15 Å². The minimum absolute atomic E-state index is 0.110. The van der Waals surface area contributed by atoms with Gasteiger partial charge < -0.3 is 13.7 Å². The number of hydrogen-bond donors (Lipinski definition) is 0. The Balaban J connectivity index is 1.08. The van der Waals surface area contributed by atoms with Gasteiger partial charge in [0.25, 0.3) is 0 Å². The molecule has 0 N–H and O–H groups in total. The molecule has 6 aromatic rings. The zero-order valence-electron chi connectivity index (χ0n) is 29.7. The van der Waals surface area contributed by atoms with Gasteiger partial charge in [0.05, 0.1) is 11.0 Å². The molecule has 0 saturated heterocycles. The molecule has 0 amide bonds. The number of ether oxygens (including phenoxy) is 1. The van der Waals surface area contributed by atoms with E-state index < -0.39 is 0 Å². The van der Waals surface area contributed by atoms with Crippen molar-refractivity contribution >= 4 is 21.8 Å². The third kappa shape index (κ3) is 6.48. The Bertz CT molecular complexity index is 1930. The van der Waals surface area contributed by atoms with Gasteiger partial charge in [-0.3, -0.25) is 0 Å². The summed E-state index contributed by atoms with van der Waals surface area (Å²) < 4.78 is 16.1. The Morgan fingerprint density at radius 1 is 0.640 bits per heavy atom. The number of para-hydroxylation sites is 2. The van der Waals surface area contributed by atoms with Crippen LogP contribution >= 0.6 is 0 Å². The highest BCUT2D eigenvalue weighted by Gasteiger charge is 2.46. The highest BCUT2D eigenvalue weighted by Crippen LogP contribution is 2.48. The Hall–Kier alpha value is -4.38. The second kappa shape index (κ2) is 14.8. The van der Waals surface area contributed by atoms with Gasteiger partial charge in [-0.1, -0.05) is 107 Å². The van der Waals surface area contributed by atoms with Gasteiger partial charge in [-0.15, -0.1) is 10.2 Å². The van der Waals surface area contributed by atoms with Crippen LogP contribution in [0.4, 0.5) is 0 Å². The zero-order chi connectivity index (χ0) is 33.8. The summed E-state index contributed by atoms with van der Waals surface area (Å²) in [6.45, 7) is 2.33. The third-order valence-corrected chi connectivity index (χ3v) is 11.8. The fraction of sp³-hybridized carbons (Fsp3) is 0.422. The molecule has 0 spiro atoms. The van der Waals surface area contributed by atoms with Crippen molar-refractivity contribution in [1.29, 1.82) is 0 Å². The van der Waals surface area contributed by atoms with Crippen molar-refractivity contribution < 1.29 is 9.15 Å². The lowest BCUT2D eigenvalue weighted by Gasteiger charge is -2.47. The lowest BCUT2D eigenvalue weighted by Crippen LogP contribution is -2.50. The standard InChI is InChI=1S/C45H51N3O2/c1-2-3-31-45(35-18-8-4-5-9-19-35,36-20-10-6-7-11-21-36)50-38-22-16-17-34(32-38)44-47-46-43(49-44)33-27-29-37(30-28-33)48-41-25-14-12-23-39(41)40-24-13-15-26-42(40)48/h12-17,22-30,32,35-36H,2-11,18-21,31H2,1H3. The Morgan fingerprint density at radius 3 is 1.78 bits per heavy atom. The first-order chi connectivity index (χ1) is 24.7. The van der Waals surface area contributed by atoms with Gasteiger partial charge in [0.15, 0.2) is 0 Å². The number of unbranched alkanes of at least 4 members (excludes halogenated alkanes) is 1. The van der Waals surface area contributed by atoms with Gasteiger partial charge in [-0.05, 0) is 105 Å². The van der Waals surface area contributed by atoms with Crippen LogP contribution in [0.1, 0.15) is 103 Å². The number of aromatic nitrogens is 3. The molecule has 4 aromatic carbocycles. The van der Waals surface area contributed by atoms with Crippen LogP contribution in [0, 0.1) is 11.8 Å². The SMILES string of the molecule is CCCCC(Oc1cccc(-c2nnc(-c3ccc(-n4c5ccccc5c5ccccc54)cc3)o2)c1)(C1CCCCCC1)C1CCCCCC1. The average Bonchev–Trinajstić information content (AvgIpc) is 3.52. The molecule has 2 aliphatic carbocycles. The molecule has 50 heavy (non-hydrogen) atoms. The highest BCUT2D eigenvalue weighted by molar-refractivity contribution is 6.09. The van der Waals surface area contributed by atoms with Crippen molar-refractivity contribution in [2.45, 2.75) is 109 Å². The lowest BCUT2D eigenvalue weighted by molar-refractivity contribution is -0.0648. The van der Waals surface area contributed by atoms with Crippen molar-refractivity contribution in [1.82, 2.24) is 14.8 Å². The van der Waals surface area contributed by atoms with Gasteiger partial charge in [0.2, 0.25) is 11.8 Å². The topological polar surface area (TPSA) is 53.1 Å². The molecule has 0 aliphatic heterocycles. The maximum atomic E-state index is 7.47. The number of rotatable bonds is 10. The number of fused-ring (bicyclic) bond motifs is 3. The Morgan fingerprint density at radius 2 is 1.20 bits per heavy atom. The summed E-state index contributed by atoms with van der Waals surface area (Å²) in [6, 6.07) is 34.1. The lowest BCUT2D eigenvalue weighted by atomic mass is 9.68. The quantitative estimate of drug-likeness (QED) is 0.137. The van der Waals surface area contributed by atoms with Gasteiger partial charge in [-0.25, -0.2) is 0 Å². The first-order valence-electron chi connectivity index (χ1n) is 19.5. The van der Waals surface area contributed by atoms with E-state index in [0.717, 1.165) is 29.0 Å². The predicted octanol–water partition coefficient (Wildman–Crippen LogP) is 12.7. The molecule has 5 heteroatoms. The zero-order valence-corrected chi connectivity index (χ0v) is 29.7. The van der Waals surface area contributed by atoms with E-state index in [-0.39, 0.29) is 5.60 Å². The summed E-state index contributed by atoms with van der Waals surface area (Å²) >= 11 is 0. The second-order valence-electron chi connectivity index (χ2n) is 14.9. The largest absolute Gasteiger partial charge is 0.487 e. The summed E-state index contributed by atoms with van der Waals surface area (Å²) in [4.78, 5) is 0. The molecular formula is C45H51N3O2. The molecule has 2 aromatic heterocycles. The minimum atomic E-state index is -0.110. The second-order valence-corrected chi connectivity index (χ2v) is 14.9. The molecule has 2 heterocycles. The fourth-order valence-electron chi connectivity index (χ4n) is 9.27. The van der Waals surface area contributed by atoms with Crippen molar-refractivity contribution in [3.63, 3.8) is 0 Å². The summed E-state index contributed by atoms with van der Waals surface area (Å²) in [7, 11) is 0. The van der Waals surface area contributed by atoms with Crippen molar-refractivity contribution in [2.24, 2.45) is 11.8 Å². The molecule has 5 nitrogen and oxygen atoms in total. The first-order valence-corrected chi connectivity index (χ1v) is 19.5. The minimum Gasteiger partial charge on any atom is -0.487 e. The van der Waals surface area contributed by atoms with E-state index in [9.17, 15) is 0 Å². The molecule has 0 radical (unpaired) electrons. The van der Waals surface area contributed by atoms with Gasteiger partial charge in [0.1, 0.15) is 11.4 Å².